The molecule has 0 saturated carbocycles. The summed E-state index contributed by atoms with van der Waals surface area (Å²) in [6.07, 6.45) is -3.81. The van der Waals surface area contributed by atoms with Gasteiger partial charge in [0.25, 0.3) is 0 Å². The molecule has 5 nitrogen and oxygen atoms in total. The van der Waals surface area contributed by atoms with Crippen LogP contribution in [0.25, 0.3) is 0 Å². The third-order valence-corrected chi connectivity index (χ3v) is 7.42. The minimum absolute atomic E-state index is 0.133. The minimum Gasteiger partial charge on any atom is -0.378 e. The van der Waals surface area contributed by atoms with Crippen molar-refractivity contribution < 1.29 is 27.5 Å². The molecule has 190 valence electrons. The summed E-state index contributed by atoms with van der Waals surface area (Å²) in [6.45, 7) is 5.93. The molecule has 4 rings (SSSR count). The quantitative estimate of drug-likeness (QED) is 0.582. The Morgan fingerprint density at radius 3 is 2.49 bits per heavy atom. The van der Waals surface area contributed by atoms with Gasteiger partial charge in [-0.1, -0.05) is 17.7 Å². The molecule has 0 spiro atoms. The molecule has 2 saturated heterocycles. The van der Waals surface area contributed by atoms with Gasteiger partial charge in [-0.3, -0.25) is 4.90 Å². The van der Waals surface area contributed by atoms with Crippen LogP contribution in [-0.2, 0) is 6.18 Å². The van der Waals surface area contributed by atoms with Crippen LogP contribution in [-0.4, -0.2) is 58.2 Å². The van der Waals surface area contributed by atoms with Crippen LogP contribution in [0.2, 0.25) is 0 Å². The Kier molecular flexibility index (Phi) is 6.85. The Morgan fingerprint density at radius 2 is 1.83 bits per heavy atom. The van der Waals surface area contributed by atoms with Crippen LogP contribution in [0.3, 0.4) is 0 Å². The largest absolute Gasteiger partial charge is 0.416 e. The van der Waals surface area contributed by atoms with Crippen LogP contribution >= 0.6 is 0 Å². The van der Waals surface area contributed by atoms with E-state index in [4.69, 9.17) is 0 Å². The molecule has 2 aliphatic heterocycles. The second-order valence-electron chi connectivity index (χ2n) is 9.70. The van der Waals surface area contributed by atoms with Crippen molar-refractivity contribution in [3.63, 3.8) is 0 Å². The Balaban J connectivity index is 1.67. The Morgan fingerprint density at radius 1 is 1.11 bits per heavy atom. The molecule has 0 aliphatic carbocycles. The van der Waals surface area contributed by atoms with Crippen molar-refractivity contribution in [1.29, 1.82) is 0 Å². The number of carbonyl (C=O) groups excluding carboxylic acids is 1. The predicted octanol–water partition coefficient (Wildman–Crippen LogP) is 5.41. The Bertz CT molecular complexity index is 1110. The molecular weight excluding hydrogens is 462 g/mol. The zero-order valence-corrected chi connectivity index (χ0v) is 20.3. The molecule has 2 aromatic rings. The highest BCUT2D eigenvalue weighted by molar-refractivity contribution is 5.76. The summed E-state index contributed by atoms with van der Waals surface area (Å²) in [5.74, 6) is -0.367. The molecule has 2 amide bonds. The molecular formula is C26H31F4N3O2. The fraction of sp³-hybridized carbons (Fsp3) is 0.500. The summed E-state index contributed by atoms with van der Waals surface area (Å²) >= 11 is 0. The van der Waals surface area contributed by atoms with Gasteiger partial charge in [-0.05, 0) is 74.6 Å². The summed E-state index contributed by atoms with van der Waals surface area (Å²) in [6, 6.07) is 6.86. The van der Waals surface area contributed by atoms with Gasteiger partial charge in [0.05, 0.1) is 17.6 Å². The lowest BCUT2D eigenvalue weighted by molar-refractivity contribution is -0.137. The number of aliphatic hydroxyl groups excluding tert-OH is 1. The van der Waals surface area contributed by atoms with Gasteiger partial charge in [-0.2, -0.15) is 13.2 Å². The van der Waals surface area contributed by atoms with E-state index in [1.807, 2.05) is 4.90 Å². The Labute approximate surface area is 202 Å². The molecule has 2 aromatic carbocycles. The van der Waals surface area contributed by atoms with Crippen LogP contribution in [0.5, 0.6) is 0 Å². The molecule has 1 N–H and O–H groups in total. The number of hydrogen-bond acceptors (Lipinski definition) is 3. The van der Waals surface area contributed by atoms with E-state index in [0.717, 1.165) is 17.7 Å². The SMILES string of the molecule is Cc1cc([C@@H](C)N(C)C(=O)N2CCN3C(O)CC[C@H]3[C@@H]2c2ccc(F)cc2C)cc(C(F)(F)F)c1. The average Bonchev–Trinajstić information content (AvgIpc) is 3.17. The van der Waals surface area contributed by atoms with E-state index in [-0.39, 0.29) is 17.9 Å². The molecule has 2 fully saturated rings. The van der Waals surface area contributed by atoms with Crippen molar-refractivity contribution in [2.45, 2.75) is 64.1 Å². The van der Waals surface area contributed by atoms with Gasteiger partial charge in [0.1, 0.15) is 12.0 Å². The molecule has 4 atom stereocenters. The number of carbonyl (C=O) groups is 1. The highest BCUT2D eigenvalue weighted by Gasteiger charge is 2.46. The van der Waals surface area contributed by atoms with Gasteiger partial charge in [0, 0.05) is 26.2 Å². The van der Waals surface area contributed by atoms with E-state index in [9.17, 15) is 27.5 Å². The normalized spacial score (nSPS) is 23.8. The topological polar surface area (TPSA) is 47.0 Å². The molecule has 2 aliphatic rings. The number of hydrogen-bond donors (Lipinski definition) is 1. The first kappa shape index (κ1) is 25.4. The first-order chi connectivity index (χ1) is 16.4. The number of aryl methyl sites for hydroxylation is 2. The number of urea groups is 1. The Hall–Kier alpha value is -2.65. The number of halogens is 4. The second kappa shape index (κ2) is 9.43. The summed E-state index contributed by atoms with van der Waals surface area (Å²) in [4.78, 5) is 18.9. The summed E-state index contributed by atoms with van der Waals surface area (Å²) in [7, 11) is 1.59. The maximum atomic E-state index is 13.9. The van der Waals surface area contributed by atoms with Gasteiger partial charge in [-0.15, -0.1) is 0 Å². The number of piperazine rings is 1. The molecule has 0 bridgehead atoms. The maximum Gasteiger partial charge on any atom is 0.416 e. The molecule has 2 heterocycles. The van der Waals surface area contributed by atoms with Gasteiger partial charge in [-0.25, -0.2) is 9.18 Å². The highest BCUT2D eigenvalue weighted by Crippen LogP contribution is 2.41. The summed E-state index contributed by atoms with van der Waals surface area (Å²) in [5, 5.41) is 10.5. The van der Waals surface area contributed by atoms with Crippen molar-refractivity contribution in [2.24, 2.45) is 0 Å². The molecule has 0 aromatic heterocycles. The highest BCUT2D eigenvalue weighted by atomic mass is 19.4. The lowest BCUT2D eigenvalue weighted by Gasteiger charge is -2.47. The van der Waals surface area contributed by atoms with E-state index in [2.05, 4.69) is 0 Å². The number of alkyl halides is 3. The van der Waals surface area contributed by atoms with Gasteiger partial charge < -0.3 is 14.9 Å². The number of aliphatic hydroxyl groups is 1. The molecule has 9 heteroatoms. The monoisotopic (exact) mass is 493 g/mol. The smallest absolute Gasteiger partial charge is 0.378 e. The fourth-order valence-electron chi connectivity index (χ4n) is 5.47. The number of rotatable bonds is 3. The zero-order valence-electron chi connectivity index (χ0n) is 20.3. The standard InChI is InChI=1S/C26H31F4N3O2/c1-15-11-18(14-19(12-15)26(28,29)30)17(3)31(4)25(35)33-10-9-32-22(7-8-23(32)34)24(33)21-6-5-20(27)13-16(21)2/h5-6,11-14,17,22-24,34H,7-10H2,1-4H3/t17-,22+,23?,24+/m1/s1. The van der Waals surface area contributed by atoms with Crippen molar-refractivity contribution in [3.8, 4) is 0 Å². The number of nitrogens with zero attached hydrogens (tertiary/aromatic N) is 3. The van der Waals surface area contributed by atoms with Crippen molar-refractivity contribution in [1.82, 2.24) is 14.7 Å². The van der Waals surface area contributed by atoms with Crippen LogP contribution in [0.15, 0.2) is 36.4 Å². The average molecular weight is 494 g/mol. The number of benzene rings is 2. The first-order valence-corrected chi connectivity index (χ1v) is 11.8. The maximum absolute atomic E-state index is 13.9. The summed E-state index contributed by atoms with van der Waals surface area (Å²) in [5.41, 5.74) is 1.64. The van der Waals surface area contributed by atoms with E-state index in [0.29, 0.717) is 42.6 Å². The second-order valence-corrected chi connectivity index (χ2v) is 9.70. The van der Waals surface area contributed by atoms with Gasteiger partial charge in [0.15, 0.2) is 0 Å². The van der Waals surface area contributed by atoms with Crippen molar-refractivity contribution >= 4 is 6.03 Å². The zero-order chi connectivity index (χ0) is 25.7. The molecule has 0 radical (unpaired) electrons. The summed E-state index contributed by atoms with van der Waals surface area (Å²) < 4.78 is 54.0. The van der Waals surface area contributed by atoms with Gasteiger partial charge in [0.2, 0.25) is 0 Å². The first-order valence-electron chi connectivity index (χ1n) is 11.8. The van der Waals surface area contributed by atoms with Crippen molar-refractivity contribution in [2.75, 3.05) is 20.1 Å². The van der Waals surface area contributed by atoms with Crippen LogP contribution in [0.1, 0.15) is 59.7 Å². The van der Waals surface area contributed by atoms with Crippen LogP contribution in [0, 0.1) is 19.7 Å². The lowest BCUT2D eigenvalue weighted by Crippen LogP contribution is -2.58. The molecule has 1 unspecified atom stereocenters. The van der Waals surface area contributed by atoms with E-state index < -0.39 is 30.1 Å². The van der Waals surface area contributed by atoms with Crippen LogP contribution < -0.4 is 0 Å². The molecule has 35 heavy (non-hydrogen) atoms. The van der Waals surface area contributed by atoms with E-state index in [1.165, 1.54) is 17.0 Å². The van der Waals surface area contributed by atoms with Crippen molar-refractivity contribution in [3.05, 3.63) is 70.0 Å². The van der Waals surface area contributed by atoms with Crippen LogP contribution in [0.4, 0.5) is 22.4 Å². The third-order valence-electron chi connectivity index (χ3n) is 7.42. The number of fused-ring (bicyclic) bond motifs is 1. The van der Waals surface area contributed by atoms with Gasteiger partial charge >= 0.3 is 12.2 Å². The van der Waals surface area contributed by atoms with E-state index >= 15 is 0 Å². The third kappa shape index (κ3) is 4.89. The number of amides is 2. The minimum atomic E-state index is -4.48. The van der Waals surface area contributed by atoms with E-state index in [1.54, 1.807) is 44.9 Å². The lowest BCUT2D eigenvalue weighted by atomic mass is 9.90. The fourth-order valence-corrected chi connectivity index (χ4v) is 5.47. The predicted molar refractivity (Wildman–Crippen MR) is 124 cm³/mol.